The number of rotatable bonds is 4. The fourth-order valence-corrected chi connectivity index (χ4v) is 4.20. The summed E-state index contributed by atoms with van der Waals surface area (Å²) in [5, 5.41) is 6.67. The van der Waals surface area contributed by atoms with E-state index in [1.807, 2.05) is 0 Å². The van der Waals surface area contributed by atoms with Crippen LogP contribution in [0, 0.1) is 11.3 Å². The molecule has 3 aliphatic rings. The zero-order valence-electron chi connectivity index (χ0n) is 11.9. The maximum atomic E-state index is 12.6. The van der Waals surface area contributed by atoms with Gasteiger partial charge in [0, 0.05) is 19.6 Å². The second-order valence-corrected chi connectivity index (χ2v) is 6.53. The average Bonchev–Trinajstić information content (AvgIpc) is 3.08. The van der Waals surface area contributed by atoms with Crippen LogP contribution in [0.2, 0.25) is 0 Å². The summed E-state index contributed by atoms with van der Waals surface area (Å²) in [5.41, 5.74) is -0.0801. The topological polar surface area (TPSA) is 44.4 Å². The molecule has 3 rings (SSSR count). The molecule has 1 saturated carbocycles. The zero-order valence-corrected chi connectivity index (χ0v) is 11.9. The molecule has 2 heterocycles. The van der Waals surface area contributed by atoms with E-state index in [1.54, 1.807) is 0 Å². The molecule has 4 heteroatoms. The van der Waals surface area contributed by atoms with E-state index in [1.165, 1.54) is 45.2 Å². The van der Waals surface area contributed by atoms with E-state index in [4.69, 9.17) is 0 Å². The molecule has 0 aromatic rings. The summed E-state index contributed by atoms with van der Waals surface area (Å²) < 4.78 is 0. The van der Waals surface area contributed by atoms with Crippen molar-refractivity contribution < 1.29 is 4.79 Å². The summed E-state index contributed by atoms with van der Waals surface area (Å²) in [5.74, 6) is 0.898. The Balaban J connectivity index is 1.50. The molecule has 0 radical (unpaired) electrons. The molecule has 0 unspecified atom stereocenters. The van der Waals surface area contributed by atoms with Crippen molar-refractivity contribution in [2.45, 2.75) is 38.5 Å². The molecule has 1 amide bonds. The van der Waals surface area contributed by atoms with Gasteiger partial charge in [0.15, 0.2) is 0 Å². The van der Waals surface area contributed by atoms with Crippen molar-refractivity contribution >= 4 is 5.91 Å². The number of fused-ring (bicyclic) bond motifs is 1. The summed E-state index contributed by atoms with van der Waals surface area (Å²) in [6.07, 6.45) is 7.48. The molecular formula is C15H27N3O. The monoisotopic (exact) mass is 265 g/mol. The van der Waals surface area contributed by atoms with E-state index >= 15 is 0 Å². The van der Waals surface area contributed by atoms with Gasteiger partial charge in [0.05, 0.1) is 5.41 Å². The predicted molar refractivity (Wildman–Crippen MR) is 75.9 cm³/mol. The van der Waals surface area contributed by atoms with Crippen LogP contribution in [0.25, 0.3) is 0 Å². The molecule has 2 saturated heterocycles. The highest BCUT2D eigenvalue weighted by Crippen LogP contribution is 2.43. The number of nitrogens with one attached hydrogen (secondary N) is 2. The van der Waals surface area contributed by atoms with Gasteiger partial charge in [-0.25, -0.2) is 0 Å². The Labute approximate surface area is 116 Å². The fourth-order valence-electron chi connectivity index (χ4n) is 4.20. The lowest BCUT2D eigenvalue weighted by Gasteiger charge is -2.37. The van der Waals surface area contributed by atoms with Crippen LogP contribution in [0.4, 0.5) is 0 Å². The molecule has 3 fully saturated rings. The summed E-state index contributed by atoms with van der Waals surface area (Å²) in [4.78, 5) is 15.1. The molecule has 0 spiro atoms. The first-order valence-corrected chi connectivity index (χ1v) is 8.03. The highest BCUT2D eigenvalue weighted by Gasteiger charge is 2.49. The van der Waals surface area contributed by atoms with E-state index in [9.17, 15) is 4.79 Å². The normalized spacial score (nSPS) is 35.3. The predicted octanol–water partition coefficient (Wildman–Crippen LogP) is 0.978. The molecule has 4 nitrogen and oxygen atoms in total. The van der Waals surface area contributed by atoms with Gasteiger partial charge in [0.1, 0.15) is 0 Å². The van der Waals surface area contributed by atoms with Crippen LogP contribution >= 0.6 is 0 Å². The Morgan fingerprint density at radius 2 is 2.11 bits per heavy atom. The highest BCUT2D eigenvalue weighted by atomic mass is 16.2. The van der Waals surface area contributed by atoms with Gasteiger partial charge in [-0.2, -0.15) is 0 Å². The first-order chi connectivity index (χ1) is 9.31. The lowest BCUT2D eigenvalue weighted by molar-refractivity contribution is -0.134. The van der Waals surface area contributed by atoms with E-state index < -0.39 is 0 Å². The number of likely N-dealkylation sites (tertiary alicyclic amines) is 1. The molecule has 2 atom stereocenters. The molecule has 2 aliphatic heterocycles. The van der Waals surface area contributed by atoms with Gasteiger partial charge < -0.3 is 15.5 Å². The van der Waals surface area contributed by atoms with Crippen LogP contribution in [-0.2, 0) is 4.79 Å². The maximum Gasteiger partial charge on any atom is 0.227 e. The number of carbonyl (C=O) groups excluding carboxylic acids is 1. The van der Waals surface area contributed by atoms with Gasteiger partial charge in [-0.15, -0.1) is 0 Å². The molecule has 108 valence electrons. The zero-order chi connectivity index (χ0) is 13.1. The summed E-state index contributed by atoms with van der Waals surface area (Å²) in [7, 11) is 0. The minimum atomic E-state index is -0.0801. The Hall–Kier alpha value is -0.610. The van der Waals surface area contributed by atoms with Crippen molar-refractivity contribution in [3.8, 4) is 0 Å². The smallest absolute Gasteiger partial charge is 0.227 e. The van der Waals surface area contributed by atoms with Crippen LogP contribution in [0.15, 0.2) is 0 Å². The van der Waals surface area contributed by atoms with E-state index in [0.29, 0.717) is 11.8 Å². The molecule has 0 aromatic heterocycles. The minimum absolute atomic E-state index is 0.0801. The van der Waals surface area contributed by atoms with Gasteiger partial charge >= 0.3 is 0 Å². The summed E-state index contributed by atoms with van der Waals surface area (Å²) >= 11 is 0. The molecule has 1 aliphatic carbocycles. The molecule has 2 N–H and O–H groups in total. The van der Waals surface area contributed by atoms with E-state index in [-0.39, 0.29) is 5.41 Å². The fraction of sp³-hybridized carbons (Fsp3) is 0.933. The van der Waals surface area contributed by atoms with Crippen LogP contribution in [0.1, 0.15) is 38.5 Å². The Morgan fingerprint density at radius 3 is 2.95 bits per heavy atom. The van der Waals surface area contributed by atoms with E-state index in [2.05, 4.69) is 15.5 Å². The Kier molecular flexibility index (Phi) is 4.08. The number of nitrogens with zero attached hydrogens (tertiary/aromatic N) is 1. The second-order valence-electron chi connectivity index (χ2n) is 6.53. The first-order valence-electron chi connectivity index (χ1n) is 8.03. The first kappa shape index (κ1) is 13.4. The number of carbonyl (C=O) groups is 1. The number of hydrogen-bond donors (Lipinski definition) is 2. The van der Waals surface area contributed by atoms with Crippen LogP contribution < -0.4 is 10.6 Å². The lowest BCUT2D eigenvalue weighted by atomic mass is 9.67. The van der Waals surface area contributed by atoms with Crippen LogP contribution in [0.5, 0.6) is 0 Å². The number of hydrogen-bond acceptors (Lipinski definition) is 3. The molecule has 19 heavy (non-hydrogen) atoms. The van der Waals surface area contributed by atoms with E-state index in [0.717, 1.165) is 32.6 Å². The number of amides is 1. The van der Waals surface area contributed by atoms with Crippen molar-refractivity contribution in [3.05, 3.63) is 0 Å². The van der Waals surface area contributed by atoms with Crippen LogP contribution in [0.3, 0.4) is 0 Å². The van der Waals surface area contributed by atoms with Crippen molar-refractivity contribution in [3.63, 3.8) is 0 Å². The maximum absolute atomic E-state index is 12.6. The minimum Gasteiger partial charge on any atom is -0.354 e. The van der Waals surface area contributed by atoms with Crippen molar-refractivity contribution in [1.29, 1.82) is 0 Å². The van der Waals surface area contributed by atoms with Gasteiger partial charge in [-0.05, 0) is 51.2 Å². The van der Waals surface area contributed by atoms with Gasteiger partial charge in [-0.1, -0.05) is 12.8 Å². The van der Waals surface area contributed by atoms with Crippen LogP contribution in [-0.4, -0.2) is 50.1 Å². The molecule has 0 bridgehead atoms. The lowest BCUT2D eigenvalue weighted by Crippen LogP contribution is -2.49. The quantitative estimate of drug-likeness (QED) is 0.796. The third-order valence-electron chi connectivity index (χ3n) is 5.40. The van der Waals surface area contributed by atoms with Gasteiger partial charge in [-0.3, -0.25) is 4.79 Å². The van der Waals surface area contributed by atoms with Crippen molar-refractivity contribution in [2.75, 3.05) is 39.3 Å². The Morgan fingerprint density at radius 1 is 1.26 bits per heavy atom. The van der Waals surface area contributed by atoms with Gasteiger partial charge in [0.25, 0.3) is 0 Å². The average molecular weight is 265 g/mol. The van der Waals surface area contributed by atoms with Crippen molar-refractivity contribution in [2.24, 2.45) is 11.3 Å². The largest absolute Gasteiger partial charge is 0.354 e. The third kappa shape index (κ3) is 2.65. The summed E-state index contributed by atoms with van der Waals surface area (Å²) in [6, 6.07) is 0. The third-order valence-corrected chi connectivity index (χ3v) is 5.40. The SMILES string of the molecule is O=C(NCCN1CCCC1)[C@@]12CCCC[C@H]1CNC2. The second kappa shape index (κ2) is 5.80. The summed E-state index contributed by atoms with van der Waals surface area (Å²) in [6.45, 7) is 6.22. The molecule has 0 aromatic carbocycles. The highest BCUT2D eigenvalue weighted by molar-refractivity contribution is 5.83. The molecular weight excluding hydrogens is 238 g/mol. The standard InChI is InChI=1S/C15H27N3O/c19-14(17-7-10-18-8-3-4-9-18)15-6-2-1-5-13(15)11-16-12-15/h13,16H,1-12H2,(H,17,19)/t13-,15+/m0/s1. The Bertz CT molecular complexity index is 327. The van der Waals surface area contributed by atoms with Gasteiger partial charge in [0.2, 0.25) is 5.91 Å². The van der Waals surface area contributed by atoms with Crippen molar-refractivity contribution in [1.82, 2.24) is 15.5 Å².